The summed E-state index contributed by atoms with van der Waals surface area (Å²) < 4.78 is 0. The Labute approximate surface area is 155 Å². The van der Waals surface area contributed by atoms with E-state index in [0.717, 1.165) is 32.9 Å². The van der Waals surface area contributed by atoms with Crippen molar-refractivity contribution in [2.75, 3.05) is 0 Å². The monoisotopic (exact) mass is 361 g/mol. The van der Waals surface area contributed by atoms with Crippen molar-refractivity contribution in [3.8, 4) is 11.1 Å². The number of fused-ring (bicyclic) bond motifs is 1. The van der Waals surface area contributed by atoms with Gasteiger partial charge in [0.15, 0.2) is 0 Å². The van der Waals surface area contributed by atoms with Crippen LogP contribution in [0.15, 0.2) is 60.0 Å². The van der Waals surface area contributed by atoms with Gasteiger partial charge in [0.25, 0.3) is 5.91 Å². The summed E-state index contributed by atoms with van der Waals surface area (Å²) in [6, 6.07) is 17.9. The van der Waals surface area contributed by atoms with Crippen molar-refractivity contribution in [3.63, 3.8) is 0 Å². The number of amides is 1. The molecule has 4 aromatic rings. The zero-order valence-corrected chi connectivity index (χ0v) is 15.4. The second-order valence-electron chi connectivity index (χ2n) is 6.36. The Morgan fingerprint density at radius 2 is 1.88 bits per heavy atom. The molecule has 0 aliphatic carbocycles. The second kappa shape index (κ2) is 6.77. The van der Waals surface area contributed by atoms with Gasteiger partial charge in [-0.15, -0.1) is 11.3 Å². The number of nitrogens with one attached hydrogen (secondary N) is 2. The highest BCUT2D eigenvalue weighted by molar-refractivity contribution is 7.12. The molecular weight excluding hydrogens is 342 g/mol. The van der Waals surface area contributed by atoms with E-state index in [4.69, 9.17) is 0 Å². The van der Waals surface area contributed by atoms with E-state index in [0.29, 0.717) is 0 Å². The number of rotatable bonds is 4. The van der Waals surface area contributed by atoms with E-state index in [9.17, 15) is 4.79 Å². The minimum absolute atomic E-state index is 0.0801. The van der Waals surface area contributed by atoms with Crippen LogP contribution in [0.2, 0.25) is 0 Å². The largest absolute Gasteiger partial charge is 0.342 e. The molecule has 4 rings (SSSR count). The van der Waals surface area contributed by atoms with Crippen molar-refractivity contribution < 1.29 is 4.79 Å². The maximum absolute atomic E-state index is 12.8. The SMILES string of the molecule is Cc1ccc(-c2ccsc2C(=O)N[C@@H](C)c2nc3ccccc3[nH]2)cc1. The second-order valence-corrected chi connectivity index (χ2v) is 7.28. The molecule has 26 heavy (non-hydrogen) atoms. The van der Waals surface area contributed by atoms with E-state index in [1.807, 2.05) is 42.6 Å². The van der Waals surface area contributed by atoms with E-state index >= 15 is 0 Å². The first-order chi connectivity index (χ1) is 12.6. The Morgan fingerprint density at radius 3 is 2.65 bits per heavy atom. The minimum atomic E-state index is -0.206. The van der Waals surface area contributed by atoms with Crippen LogP contribution < -0.4 is 5.32 Å². The number of carbonyl (C=O) groups is 1. The Hall–Kier alpha value is -2.92. The summed E-state index contributed by atoms with van der Waals surface area (Å²) in [6.45, 7) is 3.99. The summed E-state index contributed by atoms with van der Waals surface area (Å²) in [4.78, 5) is 21.4. The number of carbonyl (C=O) groups excluding carboxylic acids is 1. The van der Waals surface area contributed by atoms with Gasteiger partial charge in [-0.2, -0.15) is 0 Å². The number of benzene rings is 2. The van der Waals surface area contributed by atoms with Gasteiger partial charge in [-0.25, -0.2) is 4.98 Å². The van der Waals surface area contributed by atoms with E-state index in [1.54, 1.807) is 0 Å². The molecular formula is C21H19N3OS. The van der Waals surface area contributed by atoms with Crippen molar-refractivity contribution >= 4 is 28.3 Å². The lowest BCUT2D eigenvalue weighted by Gasteiger charge is -2.12. The minimum Gasteiger partial charge on any atom is -0.342 e. The molecule has 2 aromatic carbocycles. The van der Waals surface area contributed by atoms with Crippen LogP contribution in [-0.4, -0.2) is 15.9 Å². The van der Waals surface area contributed by atoms with Crippen molar-refractivity contribution in [2.45, 2.75) is 19.9 Å². The summed E-state index contributed by atoms with van der Waals surface area (Å²) in [5, 5.41) is 5.01. The first-order valence-electron chi connectivity index (χ1n) is 8.52. The van der Waals surface area contributed by atoms with E-state index in [-0.39, 0.29) is 11.9 Å². The highest BCUT2D eigenvalue weighted by Gasteiger charge is 2.19. The molecule has 5 heteroatoms. The molecule has 0 saturated carbocycles. The van der Waals surface area contributed by atoms with E-state index < -0.39 is 0 Å². The summed E-state index contributed by atoms with van der Waals surface area (Å²) in [5.41, 5.74) is 5.09. The van der Waals surface area contributed by atoms with Crippen molar-refractivity contribution in [1.82, 2.24) is 15.3 Å². The molecule has 0 aliphatic heterocycles. The number of para-hydroxylation sites is 2. The molecule has 4 nitrogen and oxygen atoms in total. The molecule has 1 amide bonds. The smallest absolute Gasteiger partial charge is 0.262 e. The molecule has 2 heterocycles. The molecule has 0 bridgehead atoms. The van der Waals surface area contributed by atoms with Gasteiger partial charge in [-0.1, -0.05) is 42.0 Å². The first-order valence-corrected chi connectivity index (χ1v) is 9.40. The van der Waals surface area contributed by atoms with Gasteiger partial charge < -0.3 is 10.3 Å². The quantitative estimate of drug-likeness (QED) is 0.532. The van der Waals surface area contributed by atoms with Gasteiger partial charge in [0.1, 0.15) is 5.82 Å². The number of H-pyrrole nitrogens is 1. The highest BCUT2D eigenvalue weighted by atomic mass is 32.1. The van der Waals surface area contributed by atoms with Crippen LogP contribution in [0.3, 0.4) is 0 Å². The third-order valence-corrected chi connectivity index (χ3v) is 5.31. The molecule has 130 valence electrons. The molecule has 0 fully saturated rings. The number of hydrogen-bond donors (Lipinski definition) is 2. The Bertz CT molecular complexity index is 1030. The summed E-state index contributed by atoms with van der Waals surface area (Å²) >= 11 is 1.46. The molecule has 0 saturated heterocycles. The molecule has 2 N–H and O–H groups in total. The summed E-state index contributed by atoms with van der Waals surface area (Å²) in [7, 11) is 0. The molecule has 0 unspecified atom stereocenters. The van der Waals surface area contributed by atoms with Crippen LogP contribution in [0, 0.1) is 6.92 Å². The predicted molar refractivity (Wildman–Crippen MR) is 106 cm³/mol. The fourth-order valence-electron chi connectivity index (χ4n) is 2.95. The first kappa shape index (κ1) is 16.5. The van der Waals surface area contributed by atoms with Crippen molar-refractivity contribution in [3.05, 3.63) is 76.2 Å². The number of aromatic nitrogens is 2. The number of nitrogens with zero attached hydrogens (tertiary/aromatic N) is 1. The number of imidazole rings is 1. The van der Waals surface area contributed by atoms with Crippen LogP contribution in [0.5, 0.6) is 0 Å². The standard InChI is InChI=1S/C21H19N3OS/c1-13-7-9-15(10-8-13)16-11-12-26-19(16)21(25)22-14(2)20-23-17-5-3-4-6-18(17)24-20/h3-12,14H,1-2H3,(H,22,25)(H,23,24)/t14-/m0/s1. The number of aryl methyl sites for hydroxylation is 1. The maximum Gasteiger partial charge on any atom is 0.262 e. The molecule has 2 aromatic heterocycles. The van der Waals surface area contributed by atoms with Crippen LogP contribution in [0.25, 0.3) is 22.2 Å². The number of thiophene rings is 1. The normalized spacial score (nSPS) is 12.2. The van der Waals surface area contributed by atoms with Crippen molar-refractivity contribution in [2.24, 2.45) is 0 Å². The van der Waals surface area contributed by atoms with Crippen LogP contribution in [-0.2, 0) is 0 Å². The average molecular weight is 361 g/mol. The lowest BCUT2D eigenvalue weighted by molar-refractivity contribution is 0.0943. The maximum atomic E-state index is 12.8. The lowest BCUT2D eigenvalue weighted by Crippen LogP contribution is -2.27. The van der Waals surface area contributed by atoms with Gasteiger partial charge in [0, 0.05) is 5.56 Å². The van der Waals surface area contributed by atoms with Gasteiger partial charge in [0.05, 0.1) is 22.0 Å². The predicted octanol–water partition coefficient (Wildman–Crippen LogP) is 5.09. The van der Waals surface area contributed by atoms with E-state index in [2.05, 4.69) is 46.5 Å². The van der Waals surface area contributed by atoms with Gasteiger partial charge >= 0.3 is 0 Å². The van der Waals surface area contributed by atoms with Gasteiger partial charge in [0.2, 0.25) is 0 Å². The zero-order chi connectivity index (χ0) is 18.1. The van der Waals surface area contributed by atoms with Gasteiger partial charge in [-0.3, -0.25) is 4.79 Å². The molecule has 1 atom stereocenters. The third-order valence-electron chi connectivity index (χ3n) is 4.40. The lowest BCUT2D eigenvalue weighted by atomic mass is 10.0. The van der Waals surface area contributed by atoms with Crippen LogP contribution in [0.1, 0.15) is 34.0 Å². The molecule has 0 radical (unpaired) electrons. The Balaban J connectivity index is 1.57. The Kier molecular flexibility index (Phi) is 4.31. The van der Waals surface area contributed by atoms with Gasteiger partial charge in [-0.05, 0) is 43.0 Å². The highest BCUT2D eigenvalue weighted by Crippen LogP contribution is 2.29. The summed E-state index contributed by atoms with van der Waals surface area (Å²) in [5.74, 6) is 0.677. The molecule has 0 spiro atoms. The number of aromatic amines is 1. The Morgan fingerprint density at radius 1 is 1.12 bits per heavy atom. The van der Waals surface area contributed by atoms with Crippen LogP contribution in [0.4, 0.5) is 0 Å². The average Bonchev–Trinajstić information content (AvgIpc) is 3.29. The van der Waals surface area contributed by atoms with E-state index in [1.165, 1.54) is 16.9 Å². The fourth-order valence-corrected chi connectivity index (χ4v) is 3.77. The third kappa shape index (κ3) is 3.13. The molecule has 0 aliphatic rings. The fraction of sp³-hybridized carbons (Fsp3) is 0.143. The zero-order valence-electron chi connectivity index (χ0n) is 14.6. The topological polar surface area (TPSA) is 57.8 Å². The van der Waals surface area contributed by atoms with Crippen molar-refractivity contribution in [1.29, 1.82) is 0 Å². The number of hydrogen-bond acceptors (Lipinski definition) is 3. The van der Waals surface area contributed by atoms with Crippen LogP contribution >= 0.6 is 11.3 Å². The summed E-state index contributed by atoms with van der Waals surface area (Å²) in [6.07, 6.45) is 0.